The molecule has 0 aromatic rings. The van der Waals surface area contributed by atoms with Crippen LogP contribution in [0, 0.1) is 11.8 Å². The van der Waals surface area contributed by atoms with Crippen molar-refractivity contribution in [2.75, 3.05) is 0 Å². The van der Waals surface area contributed by atoms with Crippen LogP contribution in [0.25, 0.3) is 0 Å². The summed E-state index contributed by atoms with van der Waals surface area (Å²) >= 11 is 0. The quantitative estimate of drug-likeness (QED) is 0.358. The molecule has 0 aliphatic heterocycles. The number of carboxylic acids is 1. The lowest BCUT2D eigenvalue weighted by molar-refractivity contribution is -0.137. The highest BCUT2D eigenvalue weighted by Crippen LogP contribution is 2.34. The minimum Gasteiger partial charge on any atom is -0.481 e. The van der Waals surface area contributed by atoms with Crippen molar-refractivity contribution in [3.63, 3.8) is 0 Å². The Morgan fingerprint density at radius 3 is 2.61 bits per heavy atom. The molecule has 2 atom stereocenters. The number of unbranched alkanes of at least 4 members (excludes halogenated alkanes) is 7. The zero-order chi connectivity index (χ0) is 16.9. The van der Waals surface area contributed by atoms with Crippen LogP contribution in [0.1, 0.15) is 90.4 Å². The molecule has 0 aromatic carbocycles. The maximum atomic E-state index is 12.1. The molecule has 1 fully saturated rings. The third-order valence-electron chi connectivity index (χ3n) is 4.92. The van der Waals surface area contributed by atoms with Crippen LogP contribution in [0.5, 0.6) is 0 Å². The van der Waals surface area contributed by atoms with Crippen molar-refractivity contribution >= 4 is 11.8 Å². The van der Waals surface area contributed by atoms with Crippen LogP contribution in [-0.2, 0) is 9.59 Å². The zero-order valence-electron chi connectivity index (χ0n) is 14.8. The third-order valence-corrected chi connectivity index (χ3v) is 4.92. The molecular weight excluding hydrogens is 288 g/mol. The molecule has 1 aliphatic rings. The second kappa shape index (κ2) is 12.3. The van der Waals surface area contributed by atoms with E-state index in [-0.39, 0.29) is 12.3 Å². The Morgan fingerprint density at radius 2 is 1.87 bits per heavy atom. The Kier molecular flexibility index (Phi) is 10.7. The Bertz CT molecular complexity index is 373. The second-order valence-electron chi connectivity index (χ2n) is 6.90. The summed E-state index contributed by atoms with van der Waals surface area (Å²) in [5.41, 5.74) is 0. The first-order valence-corrected chi connectivity index (χ1v) is 9.56. The minimum atomic E-state index is -0.708. The molecule has 0 unspecified atom stereocenters. The lowest BCUT2D eigenvalue weighted by Gasteiger charge is -2.14. The lowest BCUT2D eigenvalue weighted by Crippen LogP contribution is -2.13. The SMILES string of the molecule is CCCCCC/C=C\[C@H]1CCC(=O)[C@@H]1CCCCCCC(=O)O. The second-order valence-corrected chi connectivity index (χ2v) is 6.90. The number of rotatable bonds is 13. The van der Waals surface area contributed by atoms with Crippen molar-refractivity contribution in [2.45, 2.75) is 90.4 Å². The van der Waals surface area contributed by atoms with Gasteiger partial charge < -0.3 is 5.11 Å². The topological polar surface area (TPSA) is 54.4 Å². The van der Waals surface area contributed by atoms with E-state index in [4.69, 9.17) is 5.11 Å². The summed E-state index contributed by atoms with van der Waals surface area (Å²) < 4.78 is 0. The normalized spacial score (nSPS) is 21.3. The Balaban J connectivity index is 2.19. The number of allylic oxidation sites excluding steroid dienone is 2. The van der Waals surface area contributed by atoms with Crippen LogP contribution < -0.4 is 0 Å². The van der Waals surface area contributed by atoms with Gasteiger partial charge in [-0.15, -0.1) is 0 Å². The fourth-order valence-corrected chi connectivity index (χ4v) is 3.49. The highest BCUT2D eigenvalue weighted by molar-refractivity contribution is 5.83. The maximum absolute atomic E-state index is 12.1. The van der Waals surface area contributed by atoms with Gasteiger partial charge in [-0.05, 0) is 38.0 Å². The van der Waals surface area contributed by atoms with Crippen molar-refractivity contribution < 1.29 is 14.7 Å². The molecule has 0 spiro atoms. The van der Waals surface area contributed by atoms with Gasteiger partial charge in [0.25, 0.3) is 0 Å². The average molecular weight is 322 g/mol. The molecule has 0 heterocycles. The lowest BCUT2D eigenvalue weighted by atomic mass is 9.89. The minimum absolute atomic E-state index is 0.223. The molecular formula is C20H34O3. The average Bonchev–Trinajstić information content (AvgIpc) is 2.86. The number of aliphatic carboxylic acids is 1. The summed E-state index contributed by atoms with van der Waals surface area (Å²) in [4.78, 5) is 22.5. The van der Waals surface area contributed by atoms with Crippen molar-refractivity contribution in [1.82, 2.24) is 0 Å². The first kappa shape index (κ1) is 19.9. The van der Waals surface area contributed by atoms with Gasteiger partial charge in [-0.25, -0.2) is 0 Å². The van der Waals surface area contributed by atoms with E-state index in [9.17, 15) is 9.59 Å². The van der Waals surface area contributed by atoms with Gasteiger partial charge in [0.05, 0.1) is 0 Å². The predicted molar refractivity (Wildman–Crippen MR) is 94.5 cm³/mol. The van der Waals surface area contributed by atoms with E-state index in [0.717, 1.165) is 51.4 Å². The molecule has 132 valence electrons. The Morgan fingerprint density at radius 1 is 1.13 bits per heavy atom. The van der Waals surface area contributed by atoms with E-state index in [0.29, 0.717) is 11.7 Å². The van der Waals surface area contributed by atoms with Gasteiger partial charge in [0.1, 0.15) is 5.78 Å². The Labute approximate surface area is 141 Å². The van der Waals surface area contributed by atoms with Crippen molar-refractivity contribution in [3.05, 3.63) is 12.2 Å². The van der Waals surface area contributed by atoms with Crippen LogP contribution in [0.15, 0.2) is 12.2 Å². The van der Waals surface area contributed by atoms with Crippen molar-refractivity contribution in [3.8, 4) is 0 Å². The largest absolute Gasteiger partial charge is 0.481 e. The molecule has 1 saturated carbocycles. The molecule has 0 amide bonds. The van der Waals surface area contributed by atoms with E-state index >= 15 is 0 Å². The van der Waals surface area contributed by atoms with Crippen LogP contribution >= 0.6 is 0 Å². The highest BCUT2D eigenvalue weighted by atomic mass is 16.4. The summed E-state index contributed by atoms with van der Waals surface area (Å²) in [6.07, 6.45) is 17.7. The molecule has 3 nitrogen and oxygen atoms in total. The van der Waals surface area contributed by atoms with Crippen LogP contribution in [0.3, 0.4) is 0 Å². The fraction of sp³-hybridized carbons (Fsp3) is 0.800. The molecule has 0 saturated heterocycles. The summed E-state index contributed by atoms with van der Waals surface area (Å²) in [6, 6.07) is 0. The van der Waals surface area contributed by atoms with Crippen LogP contribution in [0.4, 0.5) is 0 Å². The predicted octanol–water partition coefficient (Wildman–Crippen LogP) is 5.53. The van der Waals surface area contributed by atoms with Gasteiger partial charge in [0, 0.05) is 18.8 Å². The van der Waals surface area contributed by atoms with Gasteiger partial charge in [0.15, 0.2) is 0 Å². The van der Waals surface area contributed by atoms with E-state index in [2.05, 4.69) is 19.1 Å². The number of hydrogen-bond acceptors (Lipinski definition) is 2. The van der Waals surface area contributed by atoms with Crippen LogP contribution in [-0.4, -0.2) is 16.9 Å². The smallest absolute Gasteiger partial charge is 0.303 e. The third kappa shape index (κ3) is 8.92. The number of hydrogen-bond donors (Lipinski definition) is 1. The number of carboxylic acid groups (broad SMARTS) is 1. The van der Waals surface area contributed by atoms with Gasteiger partial charge >= 0.3 is 5.97 Å². The molecule has 0 bridgehead atoms. The maximum Gasteiger partial charge on any atom is 0.303 e. The summed E-state index contributed by atoms with van der Waals surface area (Å²) in [5, 5.41) is 8.61. The fourth-order valence-electron chi connectivity index (χ4n) is 3.49. The highest BCUT2D eigenvalue weighted by Gasteiger charge is 2.31. The number of Topliss-reactive ketones (excluding diaryl/α,β-unsaturated/α-hetero) is 1. The van der Waals surface area contributed by atoms with Crippen molar-refractivity contribution in [1.29, 1.82) is 0 Å². The molecule has 1 aliphatic carbocycles. The van der Waals surface area contributed by atoms with E-state index in [1.165, 1.54) is 25.7 Å². The van der Waals surface area contributed by atoms with E-state index in [1.807, 2.05) is 0 Å². The first-order chi connectivity index (χ1) is 11.1. The molecule has 0 radical (unpaired) electrons. The van der Waals surface area contributed by atoms with Gasteiger partial charge in [-0.1, -0.05) is 57.6 Å². The zero-order valence-corrected chi connectivity index (χ0v) is 14.8. The van der Waals surface area contributed by atoms with Crippen molar-refractivity contribution in [2.24, 2.45) is 11.8 Å². The van der Waals surface area contributed by atoms with E-state index in [1.54, 1.807) is 0 Å². The molecule has 1 rings (SSSR count). The summed E-state index contributed by atoms with van der Waals surface area (Å²) in [6.45, 7) is 2.23. The number of carbonyl (C=O) groups is 2. The van der Waals surface area contributed by atoms with Gasteiger partial charge in [-0.2, -0.15) is 0 Å². The molecule has 1 N–H and O–H groups in total. The first-order valence-electron chi connectivity index (χ1n) is 9.56. The molecule has 23 heavy (non-hydrogen) atoms. The number of carbonyl (C=O) groups excluding carboxylic acids is 1. The van der Waals surface area contributed by atoms with Gasteiger partial charge in [-0.3, -0.25) is 9.59 Å². The molecule has 3 heteroatoms. The number of ketones is 1. The van der Waals surface area contributed by atoms with Crippen LogP contribution in [0.2, 0.25) is 0 Å². The van der Waals surface area contributed by atoms with E-state index < -0.39 is 5.97 Å². The Hall–Kier alpha value is -1.12. The van der Waals surface area contributed by atoms with Gasteiger partial charge in [0.2, 0.25) is 0 Å². The summed E-state index contributed by atoms with van der Waals surface area (Å²) in [5.74, 6) is 0.408. The monoisotopic (exact) mass is 322 g/mol. The standard InChI is InChI=1S/C20H34O3/c1-2-3-4-5-6-9-12-17-15-16-19(21)18(17)13-10-7-8-11-14-20(22)23/h9,12,17-18H,2-8,10-11,13-16H2,1H3,(H,22,23)/b12-9-/t17-,18+/m0/s1. The summed E-state index contributed by atoms with van der Waals surface area (Å²) in [7, 11) is 0. The molecule has 0 aromatic heterocycles.